The Hall–Kier alpha value is -2.90. The minimum atomic E-state index is -3.49. The SMILES string of the molecule is O=C(CCCc1c[nH]c2ccccc12)N1CCN(S(=O)(=O)C=Cc2ccccc2)CC1. The lowest BCUT2D eigenvalue weighted by atomic mass is 10.1. The van der Waals surface area contributed by atoms with Gasteiger partial charge in [-0.1, -0.05) is 48.5 Å². The van der Waals surface area contributed by atoms with E-state index >= 15 is 0 Å². The summed E-state index contributed by atoms with van der Waals surface area (Å²) < 4.78 is 26.6. The summed E-state index contributed by atoms with van der Waals surface area (Å²) in [6.07, 6.45) is 5.72. The van der Waals surface area contributed by atoms with Crippen LogP contribution in [0, 0.1) is 0 Å². The molecule has 7 heteroatoms. The number of aromatic amines is 1. The van der Waals surface area contributed by atoms with Crippen molar-refractivity contribution in [2.75, 3.05) is 26.2 Å². The van der Waals surface area contributed by atoms with Crippen LogP contribution in [-0.2, 0) is 21.2 Å². The minimum Gasteiger partial charge on any atom is -0.361 e. The molecule has 2 aromatic carbocycles. The molecule has 3 aromatic rings. The molecule has 1 N–H and O–H groups in total. The number of hydrogen-bond donors (Lipinski definition) is 1. The summed E-state index contributed by atoms with van der Waals surface area (Å²) in [6, 6.07) is 17.5. The van der Waals surface area contributed by atoms with Gasteiger partial charge in [0.1, 0.15) is 0 Å². The van der Waals surface area contributed by atoms with Crippen molar-refractivity contribution in [1.82, 2.24) is 14.2 Å². The van der Waals surface area contributed by atoms with Crippen molar-refractivity contribution in [3.05, 3.63) is 77.3 Å². The Bertz CT molecular complexity index is 1160. The Balaban J connectivity index is 1.25. The number of benzene rings is 2. The molecule has 0 unspecified atom stereocenters. The average Bonchev–Trinajstić information content (AvgIpc) is 3.22. The summed E-state index contributed by atoms with van der Waals surface area (Å²) in [5.41, 5.74) is 3.18. The monoisotopic (exact) mass is 437 g/mol. The Morgan fingerprint density at radius 2 is 1.68 bits per heavy atom. The van der Waals surface area contributed by atoms with Crippen LogP contribution in [0.5, 0.6) is 0 Å². The molecule has 1 amide bonds. The predicted octanol–water partition coefficient (Wildman–Crippen LogP) is 3.64. The average molecular weight is 438 g/mol. The zero-order valence-corrected chi connectivity index (χ0v) is 18.2. The van der Waals surface area contributed by atoms with Crippen molar-refractivity contribution in [1.29, 1.82) is 0 Å². The number of para-hydroxylation sites is 1. The minimum absolute atomic E-state index is 0.0942. The first kappa shape index (κ1) is 21.3. The van der Waals surface area contributed by atoms with Crippen LogP contribution in [0.4, 0.5) is 0 Å². The van der Waals surface area contributed by atoms with Crippen LogP contribution in [0.25, 0.3) is 17.0 Å². The Kier molecular flexibility index (Phi) is 6.53. The van der Waals surface area contributed by atoms with Crippen molar-refractivity contribution in [3.8, 4) is 0 Å². The first-order valence-electron chi connectivity index (χ1n) is 10.6. The van der Waals surface area contributed by atoms with Gasteiger partial charge in [-0.3, -0.25) is 4.79 Å². The van der Waals surface area contributed by atoms with Crippen LogP contribution < -0.4 is 0 Å². The fraction of sp³-hybridized carbons (Fsp3) is 0.292. The number of amides is 1. The molecule has 0 spiro atoms. The molecule has 162 valence electrons. The normalized spacial score (nSPS) is 15.7. The van der Waals surface area contributed by atoms with Gasteiger partial charge in [-0.05, 0) is 36.1 Å². The number of piperazine rings is 1. The lowest BCUT2D eigenvalue weighted by Crippen LogP contribution is -2.50. The Labute approximate surface area is 183 Å². The van der Waals surface area contributed by atoms with Gasteiger partial charge in [0.15, 0.2) is 0 Å². The molecule has 0 saturated carbocycles. The number of hydrogen-bond acceptors (Lipinski definition) is 3. The molecule has 1 saturated heterocycles. The number of H-pyrrole nitrogens is 1. The van der Waals surface area contributed by atoms with Crippen LogP contribution in [-0.4, -0.2) is 54.7 Å². The van der Waals surface area contributed by atoms with Crippen molar-refractivity contribution < 1.29 is 13.2 Å². The number of sulfonamides is 1. The molecule has 4 rings (SSSR count). The number of aryl methyl sites for hydroxylation is 1. The van der Waals surface area contributed by atoms with Gasteiger partial charge in [0.2, 0.25) is 15.9 Å². The highest BCUT2D eigenvalue weighted by molar-refractivity contribution is 7.92. The third-order valence-electron chi connectivity index (χ3n) is 5.69. The summed E-state index contributed by atoms with van der Waals surface area (Å²) in [6.45, 7) is 1.53. The number of nitrogens with one attached hydrogen (secondary N) is 1. The number of fused-ring (bicyclic) bond motifs is 1. The second-order valence-electron chi connectivity index (χ2n) is 7.75. The highest BCUT2D eigenvalue weighted by Gasteiger charge is 2.27. The summed E-state index contributed by atoms with van der Waals surface area (Å²) in [5.74, 6) is 0.0942. The van der Waals surface area contributed by atoms with Gasteiger partial charge < -0.3 is 9.88 Å². The van der Waals surface area contributed by atoms with Crippen LogP contribution in [0.2, 0.25) is 0 Å². The molecule has 2 heterocycles. The molecule has 1 aliphatic rings. The second-order valence-corrected chi connectivity index (χ2v) is 9.57. The Morgan fingerprint density at radius 1 is 0.968 bits per heavy atom. The molecular formula is C24H27N3O3S. The molecular weight excluding hydrogens is 410 g/mol. The number of nitrogens with zero attached hydrogens (tertiary/aromatic N) is 2. The van der Waals surface area contributed by atoms with E-state index in [4.69, 9.17) is 0 Å². The van der Waals surface area contributed by atoms with E-state index in [0.717, 1.165) is 23.9 Å². The fourth-order valence-electron chi connectivity index (χ4n) is 3.93. The highest BCUT2D eigenvalue weighted by Crippen LogP contribution is 2.20. The van der Waals surface area contributed by atoms with Gasteiger partial charge in [0.25, 0.3) is 0 Å². The molecule has 6 nitrogen and oxygen atoms in total. The van der Waals surface area contributed by atoms with Crippen LogP contribution in [0.1, 0.15) is 24.0 Å². The fourth-order valence-corrected chi connectivity index (χ4v) is 5.11. The summed E-state index contributed by atoms with van der Waals surface area (Å²) in [5, 5.41) is 2.46. The zero-order valence-electron chi connectivity index (χ0n) is 17.4. The lowest BCUT2D eigenvalue weighted by molar-refractivity contribution is -0.132. The predicted molar refractivity (Wildman–Crippen MR) is 124 cm³/mol. The lowest BCUT2D eigenvalue weighted by Gasteiger charge is -2.33. The van der Waals surface area contributed by atoms with Gasteiger partial charge in [0, 0.05) is 55.1 Å². The van der Waals surface area contributed by atoms with Gasteiger partial charge in [-0.2, -0.15) is 4.31 Å². The summed E-state index contributed by atoms with van der Waals surface area (Å²) in [7, 11) is -3.49. The van der Waals surface area contributed by atoms with Gasteiger partial charge in [-0.15, -0.1) is 0 Å². The van der Waals surface area contributed by atoms with Crippen LogP contribution in [0.3, 0.4) is 0 Å². The molecule has 0 aliphatic carbocycles. The summed E-state index contributed by atoms with van der Waals surface area (Å²) in [4.78, 5) is 17.6. The number of aromatic nitrogens is 1. The first-order valence-corrected chi connectivity index (χ1v) is 12.1. The molecule has 0 atom stereocenters. The van der Waals surface area contributed by atoms with E-state index in [2.05, 4.69) is 11.1 Å². The largest absolute Gasteiger partial charge is 0.361 e. The van der Waals surface area contributed by atoms with E-state index in [0.29, 0.717) is 32.6 Å². The van der Waals surface area contributed by atoms with E-state index in [1.165, 1.54) is 20.7 Å². The van der Waals surface area contributed by atoms with E-state index in [1.54, 1.807) is 11.0 Å². The third-order valence-corrected chi connectivity index (χ3v) is 7.26. The molecule has 0 radical (unpaired) electrons. The van der Waals surface area contributed by atoms with Crippen LogP contribution in [0.15, 0.2) is 66.2 Å². The standard InChI is InChI=1S/C24H27N3O3S/c28-24(12-6-9-21-19-25-23-11-5-4-10-22(21)23)26-14-16-27(17-15-26)31(29,30)18-13-20-7-2-1-3-8-20/h1-5,7-8,10-11,13,18-19,25H,6,9,12,14-17H2. The second kappa shape index (κ2) is 9.49. The maximum absolute atomic E-state index is 12.6. The van der Waals surface area contributed by atoms with Crippen molar-refractivity contribution in [3.63, 3.8) is 0 Å². The van der Waals surface area contributed by atoms with E-state index < -0.39 is 10.0 Å². The van der Waals surface area contributed by atoms with Gasteiger partial charge >= 0.3 is 0 Å². The van der Waals surface area contributed by atoms with E-state index in [1.807, 2.05) is 54.7 Å². The smallest absolute Gasteiger partial charge is 0.236 e. The maximum Gasteiger partial charge on any atom is 0.236 e. The highest BCUT2D eigenvalue weighted by atomic mass is 32.2. The molecule has 1 aromatic heterocycles. The molecule has 1 aliphatic heterocycles. The number of carbonyl (C=O) groups excluding carboxylic acids is 1. The van der Waals surface area contributed by atoms with Crippen molar-refractivity contribution >= 4 is 32.9 Å². The Morgan fingerprint density at radius 3 is 2.45 bits per heavy atom. The van der Waals surface area contributed by atoms with Gasteiger partial charge in [0.05, 0.1) is 0 Å². The number of rotatable bonds is 7. The topological polar surface area (TPSA) is 73.5 Å². The molecule has 31 heavy (non-hydrogen) atoms. The van der Waals surface area contributed by atoms with Crippen molar-refractivity contribution in [2.24, 2.45) is 0 Å². The van der Waals surface area contributed by atoms with Crippen LogP contribution >= 0.6 is 0 Å². The van der Waals surface area contributed by atoms with Gasteiger partial charge in [-0.25, -0.2) is 8.42 Å². The van der Waals surface area contributed by atoms with E-state index in [-0.39, 0.29) is 5.91 Å². The van der Waals surface area contributed by atoms with E-state index in [9.17, 15) is 13.2 Å². The molecule has 0 bridgehead atoms. The third kappa shape index (κ3) is 5.24. The first-order chi connectivity index (χ1) is 15.0. The van der Waals surface area contributed by atoms with Crippen molar-refractivity contribution in [2.45, 2.75) is 19.3 Å². The number of carbonyl (C=O) groups is 1. The molecule has 1 fully saturated rings. The maximum atomic E-state index is 12.6. The zero-order chi connectivity index (χ0) is 21.7. The quantitative estimate of drug-likeness (QED) is 0.613. The summed E-state index contributed by atoms with van der Waals surface area (Å²) >= 11 is 0.